The SMILES string of the molecule is CCCN(Cc1ccccc1)C(=O)c1ccc2c(c1)CNC2. The third kappa shape index (κ3) is 3.20. The highest BCUT2D eigenvalue weighted by Crippen LogP contribution is 2.19. The number of benzene rings is 2. The fourth-order valence-corrected chi connectivity index (χ4v) is 2.94. The number of hydrogen-bond donors (Lipinski definition) is 1. The van der Waals surface area contributed by atoms with Gasteiger partial charge >= 0.3 is 0 Å². The van der Waals surface area contributed by atoms with E-state index in [1.807, 2.05) is 35.2 Å². The van der Waals surface area contributed by atoms with Gasteiger partial charge < -0.3 is 10.2 Å². The number of rotatable bonds is 5. The van der Waals surface area contributed by atoms with Crippen molar-refractivity contribution in [2.75, 3.05) is 6.54 Å². The fraction of sp³-hybridized carbons (Fsp3) is 0.316. The standard InChI is InChI=1S/C19H22N2O/c1-2-10-21(14-15-6-4-3-5-7-15)19(22)16-8-9-17-12-20-13-18(17)11-16/h3-9,11,20H,2,10,12-14H2,1H3. The summed E-state index contributed by atoms with van der Waals surface area (Å²) >= 11 is 0. The van der Waals surface area contributed by atoms with Gasteiger partial charge in [-0.05, 0) is 35.2 Å². The number of carbonyl (C=O) groups excluding carboxylic acids is 1. The van der Waals surface area contributed by atoms with Gasteiger partial charge in [0.05, 0.1) is 0 Å². The van der Waals surface area contributed by atoms with Crippen LogP contribution in [-0.4, -0.2) is 17.4 Å². The van der Waals surface area contributed by atoms with Crippen LogP contribution in [0.1, 0.15) is 40.4 Å². The van der Waals surface area contributed by atoms with Crippen molar-refractivity contribution >= 4 is 5.91 Å². The summed E-state index contributed by atoms with van der Waals surface area (Å²) in [4.78, 5) is 14.8. The molecule has 1 amide bonds. The average Bonchev–Trinajstić information content (AvgIpc) is 3.02. The Kier molecular flexibility index (Phi) is 4.54. The number of nitrogens with one attached hydrogen (secondary N) is 1. The van der Waals surface area contributed by atoms with Crippen molar-refractivity contribution in [1.82, 2.24) is 10.2 Å². The van der Waals surface area contributed by atoms with Crippen LogP contribution >= 0.6 is 0 Å². The summed E-state index contributed by atoms with van der Waals surface area (Å²) < 4.78 is 0. The fourth-order valence-electron chi connectivity index (χ4n) is 2.94. The molecule has 0 spiro atoms. The summed E-state index contributed by atoms with van der Waals surface area (Å²) in [5.41, 5.74) is 4.53. The lowest BCUT2D eigenvalue weighted by molar-refractivity contribution is 0.0743. The molecule has 0 bridgehead atoms. The minimum absolute atomic E-state index is 0.125. The maximum absolute atomic E-state index is 12.8. The molecular formula is C19H22N2O. The molecule has 114 valence electrons. The van der Waals surface area contributed by atoms with Crippen LogP contribution in [0.2, 0.25) is 0 Å². The van der Waals surface area contributed by atoms with Crippen LogP contribution in [0.3, 0.4) is 0 Å². The minimum Gasteiger partial charge on any atom is -0.334 e. The normalized spacial score (nSPS) is 13.0. The van der Waals surface area contributed by atoms with E-state index in [2.05, 4.69) is 30.4 Å². The van der Waals surface area contributed by atoms with Crippen LogP contribution in [0.15, 0.2) is 48.5 Å². The van der Waals surface area contributed by atoms with E-state index in [0.717, 1.165) is 31.6 Å². The van der Waals surface area contributed by atoms with Gasteiger partial charge in [0.15, 0.2) is 0 Å². The first-order valence-electron chi connectivity index (χ1n) is 7.93. The molecule has 0 unspecified atom stereocenters. The molecular weight excluding hydrogens is 272 g/mol. The lowest BCUT2D eigenvalue weighted by Gasteiger charge is -2.22. The van der Waals surface area contributed by atoms with Crippen molar-refractivity contribution in [2.45, 2.75) is 33.0 Å². The van der Waals surface area contributed by atoms with E-state index in [1.54, 1.807) is 0 Å². The number of carbonyl (C=O) groups is 1. The summed E-state index contributed by atoms with van der Waals surface area (Å²) in [6.07, 6.45) is 0.963. The van der Waals surface area contributed by atoms with Crippen LogP contribution in [-0.2, 0) is 19.6 Å². The molecule has 0 aliphatic carbocycles. The van der Waals surface area contributed by atoms with Crippen LogP contribution in [0.5, 0.6) is 0 Å². The first-order chi connectivity index (χ1) is 10.8. The third-order valence-electron chi connectivity index (χ3n) is 4.08. The molecule has 3 heteroatoms. The Bertz CT molecular complexity index is 652. The zero-order chi connectivity index (χ0) is 15.4. The van der Waals surface area contributed by atoms with Crippen molar-refractivity contribution < 1.29 is 4.79 Å². The van der Waals surface area contributed by atoms with E-state index in [9.17, 15) is 4.79 Å². The topological polar surface area (TPSA) is 32.3 Å². The second kappa shape index (κ2) is 6.75. The second-order valence-corrected chi connectivity index (χ2v) is 5.80. The molecule has 0 aromatic heterocycles. The van der Waals surface area contributed by atoms with E-state index >= 15 is 0 Å². The largest absolute Gasteiger partial charge is 0.334 e. The molecule has 1 aliphatic heterocycles. The highest BCUT2D eigenvalue weighted by atomic mass is 16.2. The Hall–Kier alpha value is -2.13. The Morgan fingerprint density at radius 3 is 2.64 bits per heavy atom. The smallest absolute Gasteiger partial charge is 0.254 e. The Morgan fingerprint density at radius 1 is 1.09 bits per heavy atom. The molecule has 1 N–H and O–H groups in total. The molecule has 0 saturated heterocycles. The summed E-state index contributed by atoms with van der Waals surface area (Å²) in [6, 6.07) is 16.3. The van der Waals surface area contributed by atoms with E-state index < -0.39 is 0 Å². The molecule has 1 aliphatic rings. The molecule has 0 fully saturated rings. The van der Waals surface area contributed by atoms with E-state index in [0.29, 0.717) is 6.54 Å². The maximum atomic E-state index is 12.8. The second-order valence-electron chi connectivity index (χ2n) is 5.80. The van der Waals surface area contributed by atoms with Gasteiger partial charge in [-0.3, -0.25) is 4.79 Å². The predicted octanol–water partition coefficient (Wildman–Crippen LogP) is 3.34. The predicted molar refractivity (Wildman–Crippen MR) is 88.5 cm³/mol. The molecule has 0 atom stereocenters. The Labute approximate surface area is 132 Å². The number of fused-ring (bicyclic) bond motifs is 1. The van der Waals surface area contributed by atoms with Gasteiger partial charge in [0, 0.05) is 31.7 Å². The highest BCUT2D eigenvalue weighted by Gasteiger charge is 2.18. The molecule has 2 aromatic rings. The highest BCUT2D eigenvalue weighted by molar-refractivity contribution is 5.94. The van der Waals surface area contributed by atoms with Crippen LogP contribution in [0.25, 0.3) is 0 Å². The van der Waals surface area contributed by atoms with Crippen LogP contribution in [0.4, 0.5) is 0 Å². The monoisotopic (exact) mass is 294 g/mol. The zero-order valence-electron chi connectivity index (χ0n) is 13.0. The van der Waals surface area contributed by atoms with Gasteiger partial charge in [-0.2, -0.15) is 0 Å². The summed E-state index contributed by atoms with van der Waals surface area (Å²) in [5, 5.41) is 3.32. The third-order valence-corrected chi connectivity index (χ3v) is 4.08. The van der Waals surface area contributed by atoms with Gasteiger partial charge in [0.25, 0.3) is 5.91 Å². The van der Waals surface area contributed by atoms with Crippen molar-refractivity contribution in [2.24, 2.45) is 0 Å². The molecule has 3 rings (SSSR count). The maximum Gasteiger partial charge on any atom is 0.254 e. The number of hydrogen-bond acceptors (Lipinski definition) is 2. The van der Waals surface area contributed by atoms with Crippen molar-refractivity contribution in [1.29, 1.82) is 0 Å². The summed E-state index contributed by atoms with van der Waals surface area (Å²) in [6.45, 7) is 5.33. The Balaban J connectivity index is 1.80. The van der Waals surface area contributed by atoms with Crippen molar-refractivity contribution in [3.63, 3.8) is 0 Å². The van der Waals surface area contributed by atoms with E-state index in [-0.39, 0.29) is 5.91 Å². The minimum atomic E-state index is 0.125. The van der Waals surface area contributed by atoms with E-state index in [1.165, 1.54) is 16.7 Å². The average molecular weight is 294 g/mol. The van der Waals surface area contributed by atoms with Crippen molar-refractivity contribution in [3.8, 4) is 0 Å². The van der Waals surface area contributed by atoms with Crippen molar-refractivity contribution in [3.05, 3.63) is 70.8 Å². The van der Waals surface area contributed by atoms with Gasteiger partial charge in [0.1, 0.15) is 0 Å². The van der Waals surface area contributed by atoms with Gasteiger partial charge in [-0.15, -0.1) is 0 Å². The Morgan fingerprint density at radius 2 is 1.86 bits per heavy atom. The lowest BCUT2D eigenvalue weighted by atomic mass is 10.1. The number of amides is 1. The quantitative estimate of drug-likeness (QED) is 0.917. The molecule has 1 heterocycles. The molecule has 0 radical (unpaired) electrons. The zero-order valence-corrected chi connectivity index (χ0v) is 13.0. The van der Waals surface area contributed by atoms with Gasteiger partial charge in [0.2, 0.25) is 0 Å². The first kappa shape index (κ1) is 14.8. The molecule has 0 saturated carbocycles. The summed E-state index contributed by atoms with van der Waals surface area (Å²) in [5.74, 6) is 0.125. The lowest BCUT2D eigenvalue weighted by Crippen LogP contribution is -2.31. The van der Waals surface area contributed by atoms with Gasteiger partial charge in [-0.1, -0.05) is 43.3 Å². The summed E-state index contributed by atoms with van der Waals surface area (Å²) in [7, 11) is 0. The molecule has 3 nitrogen and oxygen atoms in total. The van der Waals surface area contributed by atoms with E-state index in [4.69, 9.17) is 0 Å². The van der Waals surface area contributed by atoms with Gasteiger partial charge in [-0.25, -0.2) is 0 Å². The molecule has 22 heavy (non-hydrogen) atoms. The van der Waals surface area contributed by atoms with Crippen LogP contribution in [0, 0.1) is 0 Å². The van der Waals surface area contributed by atoms with Crippen LogP contribution < -0.4 is 5.32 Å². The first-order valence-corrected chi connectivity index (χ1v) is 7.93. The molecule has 2 aromatic carbocycles. The number of nitrogens with zero attached hydrogens (tertiary/aromatic N) is 1.